The van der Waals surface area contributed by atoms with Gasteiger partial charge in [0, 0.05) is 38.1 Å². The van der Waals surface area contributed by atoms with Crippen molar-refractivity contribution in [3.63, 3.8) is 0 Å². The summed E-state index contributed by atoms with van der Waals surface area (Å²) >= 11 is 5.96. The molecule has 0 radical (unpaired) electrons. The first kappa shape index (κ1) is 16.7. The third kappa shape index (κ3) is 3.68. The second kappa shape index (κ2) is 7.18. The largest absolute Gasteiger partial charge is 0.373 e. The molecule has 0 aromatic carbocycles. The fraction of sp³-hybridized carbons (Fsp3) is 0.429. The summed E-state index contributed by atoms with van der Waals surface area (Å²) in [6.07, 6.45) is -0.372. The first-order valence-corrected chi connectivity index (χ1v) is 7.62. The Bertz CT molecular complexity index is 748. The minimum absolute atomic E-state index is 0.0837. The number of hydrogen-bond donors (Lipinski definition) is 1. The summed E-state index contributed by atoms with van der Waals surface area (Å²) < 4.78 is 30.5. The topological polar surface area (TPSA) is 80.2 Å². The van der Waals surface area contributed by atoms with E-state index in [1.807, 2.05) is 0 Å². The molecule has 0 aliphatic carbocycles. The molecular formula is C14H14ClF2N5O2. The molecule has 10 heteroatoms. The van der Waals surface area contributed by atoms with E-state index in [9.17, 15) is 13.6 Å². The Morgan fingerprint density at radius 1 is 1.46 bits per heavy atom. The molecule has 2 aromatic heterocycles. The Kier molecular flexibility index (Phi) is 5.00. The number of amides is 1. The fourth-order valence-corrected chi connectivity index (χ4v) is 2.64. The van der Waals surface area contributed by atoms with Gasteiger partial charge in [0.25, 0.3) is 5.91 Å². The molecule has 1 aliphatic heterocycles. The van der Waals surface area contributed by atoms with Crippen LogP contribution in [0.3, 0.4) is 0 Å². The zero-order chi connectivity index (χ0) is 17.1. The van der Waals surface area contributed by atoms with Gasteiger partial charge in [-0.05, 0) is 0 Å². The number of rotatable bonds is 4. The van der Waals surface area contributed by atoms with Crippen LogP contribution in [0.4, 0.5) is 14.6 Å². The van der Waals surface area contributed by atoms with Crippen molar-refractivity contribution in [1.29, 1.82) is 0 Å². The monoisotopic (exact) mass is 357 g/mol. The summed E-state index contributed by atoms with van der Waals surface area (Å²) in [6.45, 7) is 0.713. The maximum Gasteiger partial charge on any atom is 0.315 e. The van der Waals surface area contributed by atoms with Crippen molar-refractivity contribution in [3.8, 4) is 0 Å². The van der Waals surface area contributed by atoms with Crippen molar-refractivity contribution in [3.05, 3.63) is 23.6 Å². The number of anilines is 1. The van der Waals surface area contributed by atoms with Gasteiger partial charge in [-0.3, -0.25) is 9.78 Å². The van der Waals surface area contributed by atoms with E-state index >= 15 is 0 Å². The highest BCUT2D eigenvalue weighted by atomic mass is 35.5. The quantitative estimate of drug-likeness (QED) is 0.837. The van der Waals surface area contributed by atoms with Crippen LogP contribution in [0, 0.1) is 0 Å². The van der Waals surface area contributed by atoms with Gasteiger partial charge < -0.3 is 15.0 Å². The van der Waals surface area contributed by atoms with E-state index in [0.717, 1.165) is 4.90 Å². The zero-order valence-electron chi connectivity index (χ0n) is 12.5. The van der Waals surface area contributed by atoms with Gasteiger partial charge in [-0.1, -0.05) is 11.6 Å². The second-order valence-corrected chi connectivity index (χ2v) is 5.56. The molecule has 128 valence electrons. The summed E-state index contributed by atoms with van der Waals surface area (Å²) in [5.74, 6) is -0.757. The van der Waals surface area contributed by atoms with E-state index in [1.165, 1.54) is 6.20 Å². The van der Waals surface area contributed by atoms with Crippen LogP contribution >= 0.6 is 11.6 Å². The first-order chi connectivity index (χ1) is 11.5. The van der Waals surface area contributed by atoms with Crippen LogP contribution in [0.2, 0.25) is 5.15 Å². The third-order valence-corrected chi connectivity index (χ3v) is 3.75. The van der Waals surface area contributed by atoms with Gasteiger partial charge in [0.05, 0.1) is 18.2 Å². The number of hydrogen-bond acceptors (Lipinski definition) is 6. The maximum absolute atomic E-state index is 12.5. The highest BCUT2D eigenvalue weighted by Crippen LogP contribution is 2.21. The van der Waals surface area contributed by atoms with Crippen molar-refractivity contribution in [2.24, 2.45) is 0 Å². The number of carbonyl (C=O) groups is 1. The van der Waals surface area contributed by atoms with Crippen LogP contribution < -0.4 is 5.32 Å². The van der Waals surface area contributed by atoms with Crippen LogP contribution in [0.15, 0.2) is 18.5 Å². The first-order valence-electron chi connectivity index (χ1n) is 7.24. The van der Waals surface area contributed by atoms with E-state index in [2.05, 4.69) is 20.3 Å². The molecule has 3 heterocycles. The number of ether oxygens (including phenoxy) is 1. The van der Waals surface area contributed by atoms with Gasteiger partial charge >= 0.3 is 6.43 Å². The van der Waals surface area contributed by atoms with Gasteiger partial charge in [-0.2, -0.15) is 8.78 Å². The lowest BCUT2D eigenvalue weighted by Gasteiger charge is -2.32. The molecule has 0 bridgehead atoms. The number of alkyl halides is 2. The van der Waals surface area contributed by atoms with E-state index in [1.54, 1.807) is 12.3 Å². The number of nitrogens with zero attached hydrogens (tertiary/aromatic N) is 4. The molecule has 3 rings (SSSR count). The number of nitrogens with one attached hydrogen (secondary N) is 1. The van der Waals surface area contributed by atoms with Crippen molar-refractivity contribution in [2.75, 3.05) is 31.6 Å². The Morgan fingerprint density at radius 2 is 2.25 bits per heavy atom. The Balaban J connectivity index is 1.69. The molecule has 0 unspecified atom stereocenters. The molecule has 0 spiro atoms. The highest BCUT2D eigenvalue weighted by molar-refractivity contribution is 6.30. The average molecular weight is 358 g/mol. The number of fused-ring (bicyclic) bond motifs is 1. The molecule has 1 saturated heterocycles. The van der Waals surface area contributed by atoms with Gasteiger partial charge in [-0.25, -0.2) is 9.97 Å². The Hall–Kier alpha value is -2.13. The molecule has 1 atom stereocenters. The molecule has 0 saturated carbocycles. The van der Waals surface area contributed by atoms with Gasteiger partial charge in [-0.15, -0.1) is 0 Å². The van der Waals surface area contributed by atoms with Crippen LogP contribution in [0.25, 0.3) is 11.0 Å². The lowest BCUT2D eigenvalue weighted by Crippen LogP contribution is -2.49. The Morgan fingerprint density at radius 3 is 3.04 bits per heavy atom. The van der Waals surface area contributed by atoms with Gasteiger partial charge in [0.2, 0.25) is 0 Å². The predicted octanol–water partition coefficient (Wildman–Crippen LogP) is 1.58. The lowest BCUT2D eigenvalue weighted by molar-refractivity contribution is -0.149. The lowest BCUT2D eigenvalue weighted by atomic mass is 10.2. The number of carbonyl (C=O) groups excluding carboxylic acids is 1. The van der Waals surface area contributed by atoms with Gasteiger partial charge in [0.15, 0.2) is 5.82 Å². The summed E-state index contributed by atoms with van der Waals surface area (Å²) in [5.41, 5.74) is 1.12. The average Bonchev–Trinajstić information content (AvgIpc) is 2.59. The standard InChI is InChI=1S/C14H14ClF2N5O2/c15-10-5-9-11(19-2-1-18-9)13(21-10)20-6-8-7-22(3-4-24-8)14(23)12(16)17/h1-2,5,8,12H,3-4,6-7H2,(H,20,21)/t8-/m1/s1. The Labute approximate surface area is 141 Å². The summed E-state index contributed by atoms with van der Waals surface area (Å²) in [7, 11) is 0. The number of morpholine rings is 1. The van der Waals surface area contributed by atoms with Crippen molar-refractivity contribution < 1.29 is 18.3 Å². The smallest absolute Gasteiger partial charge is 0.315 e. The molecule has 2 aromatic rings. The summed E-state index contributed by atoms with van der Waals surface area (Å²) in [6, 6.07) is 1.59. The normalized spacial score (nSPS) is 18.2. The molecule has 24 heavy (non-hydrogen) atoms. The van der Waals surface area contributed by atoms with Crippen LogP contribution in [-0.4, -0.2) is 64.5 Å². The molecular weight excluding hydrogens is 344 g/mol. The maximum atomic E-state index is 12.5. The predicted molar refractivity (Wildman–Crippen MR) is 83.2 cm³/mol. The molecule has 1 amide bonds. The van der Waals surface area contributed by atoms with E-state index in [4.69, 9.17) is 16.3 Å². The van der Waals surface area contributed by atoms with E-state index in [-0.39, 0.29) is 31.4 Å². The van der Waals surface area contributed by atoms with Crippen molar-refractivity contribution >= 4 is 34.4 Å². The van der Waals surface area contributed by atoms with Gasteiger partial charge in [0.1, 0.15) is 10.7 Å². The number of halogens is 3. The number of aromatic nitrogens is 3. The SMILES string of the molecule is O=C(C(F)F)N1CCO[C@H](CNc2nc(Cl)cc3nccnc23)C1. The van der Waals surface area contributed by atoms with Crippen LogP contribution in [0.5, 0.6) is 0 Å². The second-order valence-electron chi connectivity index (χ2n) is 5.18. The third-order valence-electron chi connectivity index (χ3n) is 3.56. The van der Waals surface area contributed by atoms with Crippen molar-refractivity contribution in [2.45, 2.75) is 12.5 Å². The highest BCUT2D eigenvalue weighted by Gasteiger charge is 2.29. The van der Waals surface area contributed by atoms with E-state index < -0.39 is 18.4 Å². The fourth-order valence-electron chi connectivity index (χ4n) is 2.46. The van der Waals surface area contributed by atoms with E-state index in [0.29, 0.717) is 16.9 Å². The number of pyridine rings is 1. The van der Waals surface area contributed by atoms with Crippen LogP contribution in [0.1, 0.15) is 0 Å². The molecule has 1 fully saturated rings. The van der Waals surface area contributed by atoms with Crippen LogP contribution in [-0.2, 0) is 9.53 Å². The molecule has 1 aliphatic rings. The summed E-state index contributed by atoms with van der Waals surface area (Å²) in [5, 5.41) is 3.29. The molecule has 7 nitrogen and oxygen atoms in total. The minimum atomic E-state index is -3.01. The zero-order valence-corrected chi connectivity index (χ0v) is 13.2. The van der Waals surface area contributed by atoms with Crippen molar-refractivity contribution in [1.82, 2.24) is 19.9 Å². The minimum Gasteiger partial charge on any atom is -0.373 e. The summed E-state index contributed by atoms with van der Waals surface area (Å²) in [4.78, 5) is 25.0. The molecule has 1 N–H and O–H groups in total.